The Labute approximate surface area is 214 Å². The molecular formula is C25H20I2N2O3. The number of nitrogens with zero attached hydrogens (tertiary/aromatic N) is 1. The third-order valence-electron chi connectivity index (χ3n) is 4.34. The van der Waals surface area contributed by atoms with Crippen molar-refractivity contribution in [1.29, 1.82) is 5.26 Å². The minimum absolute atomic E-state index is 0.00942. The standard InChI is InChI=1S/C25H20I2N2O3/c1-2-31-22-5-3-4-21(14-22)29-25(30)19(15-28)12-18-8-11-24(23(27)13-18)32-16-17-6-9-20(26)10-7-17/h3-14H,2,16H2,1H3,(H,29,30)/b19-12-. The first kappa shape index (κ1) is 24.1. The van der Waals surface area contributed by atoms with Gasteiger partial charge in [0.2, 0.25) is 0 Å². The zero-order chi connectivity index (χ0) is 22.9. The van der Waals surface area contributed by atoms with Gasteiger partial charge in [-0.2, -0.15) is 5.26 Å². The van der Waals surface area contributed by atoms with Gasteiger partial charge in [0.05, 0.1) is 10.2 Å². The maximum Gasteiger partial charge on any atom is 0.266 e. The molecule has 3 aromatic rings. The first-order valence-corrected chi connectivity index (χ1v) is 12.0. The van der Waals surface area contributed by atoms with Crippen molar-refractivity contribution in [3.8, 4) is 17.6 Å². The van der Waals surface area contributed by atoms with Gasteiger partial charge in [0.15, 0.2) is 0 Å². The van der Waals surface area contributed by atoms with E-state index in [2.05, 4.69) is 50.5 Å². The Kier molecular flexibility index (Phi) is 8.93. The van der Waals surface area contributed by atoms with Crippen molar-refractivity contribution in [2.24, 2.45) is 0 Å². The summed E-state index contributed by atoms with van der Waals surface area (Å²) in [5, 5.41) is 12.2. The number of nitrogens with one attached hydrogen (secondary N) is 1. The SMILES string of the molecule is CCOc1cccc(NC(=O)/C(C#N)=C\c2ccc(OCc3ccc(I)cc3)c(I)c2)c1. The Bertz CT molecular complexity index is 1170. The van der Waals surface area contributed by atoms with Crippen molar-refractivity contribution in [3.05, 3.63) is 90.6 Å². The van der Waals surface area contributed by atoms with Gasteiger partial charge in [0, 0.05) is 15.3 Å². The molecule has 7 heteroatoms. The number of hydrogen-bond donors (Lipinski definition) is 1. The highest BCUT2D eigenvalue weighted by molar-refractivity contribution is 14.1. The van der Waals surface area contributed by atoms with Crippen molar-refractivity contribution in [1.82, 2.24) is 0 Å². The summed E-state index contributed by atoms with van der Waals surface area (Å²) in [7, 11) is 0. The molecule has 0 aliphatic carbocycles. The summed E-state index contributed by atoms with van der Waals surface area (Å²) < 4.78 is 13.4. The largest absolute Gasteiger partial charge is 0.494 e. The molecule has 0 fully saturated rings. The van der Waals surface area contributed by atoms with E-state index < -0.39 is 5.91 Å². The van der Waals surface area contributed by atoms with E-state index >= 15 is 0 Å². The van der Waals surface area contributed by atoms with Crippen LogP contribution in [0.5, 0.6) is 11.5 Å². The molecule has 0 spiro atoms. The molecule has 0 bridgehead atoms. The number of halogens is 2. The zero-order valence-corrected chi connectivity index (χ0v) is 21.6. The van der Waals surface area contributed by atoms with E-state index in [-0.39, 0.29) is 5.57 Å². The Hall–Kier alpha value is -2.58. The molecule has 162 valence electrons. The van der Waals surface area contributed by atoms with Gasteiger partial charge in [0.25, 0.3) is 5.91 Å². The normalized spacial score (nSPS) is 10.9. The lowest BCUT2D eigenvalue weighted by molar-refractivity contribution is -0.112. The van der Waals surface area contributed by atoms with E-state index in [1.807, 2.05) is 61.5 Å². The number of nitriles is 1. The first-order chi connectivity index (χ1) is 15.5. The molecular weight excluding hydrogens is 630 g/mol. The Morgan fingerprint density at radius 3 is 2.53 bits per heavy atom. The molecule has 5 nitrogen and oxygen atoms in total. The molecule has 0 saturated heterocycles. The smallest absolute Gasteiger partial charge is 0.266 e. The summed E-state index contributed by atoms with van der Waals surface area (Å²) in [6, 6.07) is 22.7. The van der Waals surface area contributed by atoms with Crippen LogP contribution in [0, 0.1) is 18.5 Å². The van der Waals surface area contributed by atoms with E-state index in [0.29, 0.717) is 24.7 Å². The maximum atomic E-state index is 12.6. The fourth-order valence-corrected chi connectivity index (χ4v) is 3.86. The number of hydrogen-bond acceptors (Lipinski definition) is 4. The predicted molar refractivity (Wildman–Crippen MR) is 142 cm³/mol. The van der Waals surface area contributed by atoms with E-state index in [1.165, 1.54) is 3.57 Å². The Balaban J connectivity index is 1.69. The molecule has 0 unspecified atom stereocenters. The van der Waals surface area contributed by atoms with E-state index in [9.17, 15) is 10.1 Å². The summed E-state index contributed by atoms with van der Waals surface area (Å²) >= 11 is 4.46. The molecule has 3 aromatic carbocycles. The second kappa shape index (κ2) is 11.9. The topological polar surface area (TPSA) is 71.3 Å². The molecule has 32 heavy (non-hydrogen) atoms. The number of carbonyl (C=O) groups is 1. The molecule has 0 atom stereocenters. The molecule has 0 saturated carbocycles. The zero-order valence-electron chi connectivity index (χ0n) is 17.3. The van der Waals surface area contributed by atoms with Crippen LogP contribution < -0.4 is 14.8 Å². The fourth-order valence-electron chi connectivity index (χ4n) is 2.81. The van der Waals surface area contributed by atoms with Crippen LogP contribution in [0.2, 0.25) is 0 Å². The van der Waals surface area contributed by atoms with Crippen LogP contribution in [0.4, 0.5) is 5.69 Å². The summed E-state index contributed by atoms with van der Waals surface area (Å²) in [5.41, 5.74) is 2.40. The van der Waals surface area contributed by atoms with Crippen LogP contribution in [0.3, 0.4) is 0 Å². The minimum atomic E-state index is -0.477. The van der Waals surface area contributed by atoms with Crippen molar-refractivity contribution in [2.45, 2.75) is 13.5 Å². The van der Waals surface area contributed by atoms with E-state index in [4.69, 9.17) is 9.47 Å². The van der Waals surface area contributed by atoms with Crippen LogP contribution in [-0.4, -0.2) is 12.5 Å². The van der Waals surface area contributed by atoms with Gasteiger partial charge in [-0.15, -0.1) is 0 Å². The summed E-state index contributed by atoms with van der Waals surface area (Å²) in [6.07, 6.45) is 1.56. The van der Waals surface area contributed by atoms with Crippen LogP contribution in [0.1, 0.15) is 18.1 Å². The van der Waals surface area contributed by atoms with Gasteiger partial charge < -0.3 is 14.8 Å². The number of anilines is 1. The van der Waals surface area contributed by atoms with Gasteiger partial charge in [-0.3, -0.25) is 4.79 Å². The van der Waals surface area contributed by atoms with Gasteiger partial charge in [-0.1, -0.05) is 24.3 Å². The average molecular weight is 650 g/mol. The first-order valence-electron chi connectivity index (χ1n) is 9.81. The van der Waals surface area contributed by atoms with Crippen LogP contribution >= 0.6 is 45.2 Å². The highest BCUT2D eigenvalue weighted by Crippen LogP contribution is 2.25. The highest BCUT2D eigenvalue weighted by Gasteiger charge is 2.11. The third kappa shape index (κ3) is 6.97. The van der Waals surface area contributed by atoms with Gasteiger partial charge in [-0.25, -0.2) is 0 Å². The number of benzene rings is 3. The maximum absolute atomic E-state index is 12.6. The molecule has 3 rings (SSSR count). The average Bonchev–Trinajstić information content (AvgIpc) is 2.78. The van der Waals surface area contributed by atoms with E-state index in [0.717, 1.165) is 20.4 Å². The highest BCUT2D eigenvalue weighted by atomic mass is 127. The summed E-state index contributed by atoms with van der Waals surface area (Å²) in [6.45, 7) is 2.89. The minimum Gasteiger partial charge on any atom is -0.494 e. The third-order valence-corrected chi connectivity index (χ3v) is 5.90. The lowest BCUT2D eigenvalue weighted by Gasteiger charge is -2.10. The van der Waals surface area contributed by atoms with Crippen molar-refractivity contribution < 1.29 is 14.3 Å². The lowest BCUT2D eigenvalue weighted by atomic mass is 10.1. The molecule has 0 aliphatic rings. The quantitative estimate of drug-likeness (QED) is 0.174. The van der Waals surface area contributed by atoms with Crippen molar-refractivity contribution >= 4 is 62.9 Å². The summed E-state index contributed by atoms with van der Waals surface area (Å²) in [5.74, 6) is 0.926. The molecule has 1 N–H and O–H groups in total. The van der Waals surface area contributed by atoms with Gasteiger partial charge in [-0.05, 0) is 106 Å². The second-order valence-corrected chi connectivity index (χ2v) is 9.10. The van der Waals surface area contributed by atoms with Gasteiger partial charge >= 0.3 is 0 Å². The Morgan fingerprint density at radius 2 is 1.84 bits per heavy atom. The molecule has 0 heterocycles. The Morgan fingerprint density at radius 1 is 1.06 bits per heavy atom. The molecule has 0 aliphatic heterocycles. The number of amides is 1. The summed E-state index contributed by atoms with van der Waals surface area (Å²) in [4.78, 5) is 12.6. The van der Waals surface area contributed by atoms with Crippen LogP contribution in [0.15, 0.2) is 72.3 Å². The monoisotopic (exact) mass is 650 g/mol. The molecule has 0 aromatic heterocycles. The molecule has 1 amide bonds. The van der Waals surface area contributed by atoms with Crippen LogP contribution in [0.25, 0.3) is 6.08 Å². The molecule has 0 radical (unpaired) electrons. The van der Waals surface area contributed by atoms with E-state index in [1.54, 1.807) is 24.3 Å². The number of ether oxygens (including phenoxy) is 2. The van der Waals surface area contributed by atoms with Crippen molar-refractivity contribution in [2.75, 3.05) is 11.9 Å². The predicted octanol–water partition coefficient (Wildman–Crippen LogP) is 6.42. The van der Waals surface area contributed by atoms with Crippen molar-refractivity contribution in [3.63, 3.8) is 0 Å². The fraction of sp³-hybridized carbons (Fsp3) is 0.120. The second-order valence-electron chi connectivity index (χ2n) is 6.69. The lowest BCUT2D eigenvalue weighted by Crippen LogP contribution is -2.13. The van der Waals surface area contributed by atoms with Gasteiger partial charge in [0.1, 0.15) is 29.7 Å². The number of carbonyl (C=O) groups excluding carboxylic acids is 1. The number of rotatable bonds is 8. The van der Waals surface area contributed by atoms with Crippen LogP contribution in [-0.2, 0) is 11.4 Å².